The summed E-state index contributed by atoms with van der Waals surface area (Å²) in [7, 11) is 1.80. The van der Waals surface area contributed by atoms with Gasteiger partial charge < -0.3 is 4.90 Å². The van der Waals surface area contributed by atoms with Gasteiger partial charge in [-0.3, -0.25) is 9.79 Å². The van der Waals surface area contributed by atoms with Crippen molar-refractivity contribution in [3.63, 3.8) is 0 Å². The van der Waals surface area contributed by atoms with E-state index in [0.29, 0.717) is 0 Å². The molecule has 0 aromatic carbocycles. The van der Waals surface area contributed by atoms with Crippen molar-refractivity contribution in [3.8, 4) is 0 Å². The summed E-state index contributed by atoms with van der Waals surface area (Å²) in [6.07, 6.45) is 3.03. The number of hydrogen-bond donors (Lipinski definition) is 0. The van der Waals surface area contributed by atoms with Crippen molar-refractivity contribution in [3.05, 3.63) is 0 Å². The van der Waals surface area contributed by atoms with E-state index in [1.165, 1.54) is 0 Å². The highest BCUT2D eigenvalue weighted by Gasteiger charge is 2.29. The minimum absolute atomic E-state index is 0.0960. The highest BCUT2D eigenvalue weighted by atomic mass is 16.1. The predicted molar refractivity (Wildman–Crippen MR) is 54.1 cm³/mol. The summed E-state index contributed by atoms with van der Waals surface area (Å²) in [4.78, 5) is 17.7. The second-order valence-electron chi connectivity index (χ2n) is 3.46. The molecule has 0 radical (unpaired) electrons. The van der Waals surface area contributed by atoms with E-state index >= 15 is 0 Å². The van der Waals surface area contributed by atoms with Crippen LogP contribution in [0.2, 0.25) is 0 Å². The lowest BCUT2D eigenvalue weighted by molar-refractivity contribution is -0.120. The van der Waals surface area contributed by atoms with Gasteiger partial charge in [0.15, 0.2) is 5.78 Å². The molecule has 1 rings (SSSR count). The van der Waals surface area contributed by atoms with Crippen molar-refractivity contribution >= 4 is 11.6 Å². The fraction of sp³-hybridized carbons (Fsp3) is 0.800. The van der Waals surface area contributed by atoms with Crippen LogP contribution in [-0.2, 0) is 4.79 Å². The average molecular weight is 182 g/mol. The Morgan fingerprint density at radius 2 is 2.31 bits per heavy atom. The van der Waals surface area contributed by atoms with Gasteiger partial charge in [-0.1, -0.05) is 6.92 Å². The summed E-state index contributed by atoms with van der Waals surface area (Å²) in [6.45, 7) is 4.74. The van der Waals surface area contributed by atoms with Crippen LogP contribution in [0.25, 0.3) is 0 Å². The predicted octanol–water partition coefficient (Wildman–Crippen LogP) is 1.48. The molecule has 0 aromatic heterocycles. The number of hydrogen-bond acceptors (Lipinski definition) is 2. The van der Waals surface area contributed by atoms with E-state index in [1.54, 1.807) is 14.0 Å². The zero-order valence-corrected chi connectivity index (χ0v) is 8.71. The van der Waals surface area contributed by atoms with Crippen LogP contribution in [0.15, 0.2) is 4.99 Å². The van der Waals surface area contributed by atoms with Crippen LogP contribution in [0.1, 0.15) is 33.1 Å². The van der Waals surface area contributed by atoms with Gasteiger partial charge in [-0.05, 0) is 19.8 Å². The number of aliphatic imine (C=N–C) groups is 1. The van der Waals surface area contributed by atoms with Gasteiger partial charge in [-0.25, -0.2) is 0 Å². The maximum absolute atomic E-state index is 11.3. The molecule has 13 heavy (non-hydrogen) atoms. The van der Waals surface area contributed by atoms with Gasteiger partial charge in [0.1, 0.15) is 0 Å². The molecule has 74 valence electrons. The van der Waals surface area contributed by atoms with Crippen LogP contribution in [0.4, 0.5) is 0 Å². The van der Waals surface area contributed by atoms with Gasteiger partial charge in [0.2, 0.25) is 0 Å². The summed E-state index contributed by atoms with van der Waals surface area (Å²) < 4.78 is 0. The third-order valence-electron chi connectivity index (χ3n) is 2.63. The molecule has 0 amide bonds. The second-order valence-corrected chi connectivity index (χ2v) is 3.46. The minimum Gasteiger partial charge on any atom is -0.350 e. The Morgan fingerprint density at radius 1 is 1.62 bits per heavy atom. The van der Waals surface area contributed by atoms with Gasteiger partial charge >= 0.3 is 0 Å². The van der Waals surface area contributed by atoms with E-state index < -0.39 is 0 Å². The van der Waals surface area contributed by atoms with Crippen LogP contribution in [0, 0.1) is 0 Å². The Balaban J connectivity index is 2.73. The monoisotopic (exact) mass is 182 g/mol. The third kappa shape index (κ3) is 2.08. The van der Waals surface area contributed by atoms with E-state index in [0.717, 1.165) is 31.6 Å². The van der Waals surface area contributed by atoms with Crippen molar-refractivity contribution in [1.29, 1.82) is 0 Å². The second kappa shape index (κ2) is 4.40. The molecule has 1 atom stereocenters. The van der Waals surface area contributed by atoms with Crippen LogP contribution in [0.3, 0.4) is 0 Å². The number of Topliss-reactive ketones (excluding diaryl/α,β-unsaturated/α-hetero) is 1. The molecule has 0 aliphatic carbocycles. The van der Waals surface area contributed by atoms with E-state index in [1.807, 2.05) is 0 Å². The Labute approximate surface area is 79.8 Å². The smallest absolute Gasteiger partial charge is 0.152 e. The zero-order valence-electron chi connectivity index (χ0n) is 8.71. The van der Waals surface area contributed by atoms with Crippen LogP contribution < -0.4 is 0 Å². The zero-order chi connectivity index (χ0) is 9.84. The fourth-order valence-electron chi connectivity index (χ4n) is 1.99. The molecule has 0 saturated carbocycles. The Kier molecular flexibility index (Phi) is 3.46. The van der Waals surface area contributed by atoms with Crippen LogP contribution in [-0.4, -0.2) is 36.2 Å². The van der Waals surface area contributed by atoms with Crippen LogP contribution in [0.5, 0.6) is 0 Å². The number of amidine groups is 1. The van der Waals surface area contributed by atoms with Crippen molar-refractivity contribution in [1.82, 2.24) is 4.90 Å². The lowest BCUT2D eigenvalue weighted by Gasteiger charge is -2.25. The Hall–Kier alpha value is -0.860. The van der Waals surface area contributed by atoms with Gasteiger partial charge in [-0.2, -0.15) is 0 Å². The molecule has 1 aliphatic heterocycles. The number of likely N-dealkylation sites (tertiary alicyclic amines) is 1. The van der Waals surface area contributed by atoms with Gasteiger partial charge in [0.25, 0.3) is 0 Å². The van der Waals surface area contributed by atoms with Gasteiger partial charge in [0, 0.05) is 20.0 Å². The van der Waals surface area contributed by atoms with Crippen molar-refractivity contribution in [2.75, 3.05) is 13.6 Å². The molecule has 1 saturated heterocycles. The summed E-state index contributed by atoms with van der Waals surface area (Å²) in [5, 5.41) is 0. The standard InChI is InChI=1S/C10H18N2O/c1-4-10(11-3)12-7-5-6-9(12)8(2)13/h9H,4-7H2,1-3H3. The molecule has 1 unspecified atom stereocenters. The molecule has 1 heterocycles. The average Bonchev–Trinajstić information content (AvgIpc) is 2.55. The van der Waals surface area contributed by atoms with Gasteiger partial charge in [-0.15, -0.1) is 0 Å². The fourth-order valence-corrected chi connectivity index (χ4v) is 1.99. The molecule has 1 fully saturated rings. The molecule has 0 spiro atoms. The first-order valence-corrected chi connectivity index (χ1v) is 4.93. The van der Waals surface area contributed by atoms with Crippen molar-refractivity contribution in [2.45, 2.75) is 39.2 Å². The van der Waals surface area contributed by atoms with E-state index in [9.17, 15) is 4.79 Å². The molecule has 0 N–H and O–H groups in total. The molecule has 1 aliphatic rings. The van der Waals surface area contributed by atoms with Crippen LogP contribution >= 0.6 is 0 Å². The molecule has 0 bridgehead atoms. The topological polar surface area (TPSA) is 32.7 Å². The highest BCUT2D eigenvalue weighted by Crippen LogP contribution is 2.19. The summed E-state index contributed by atoms with van der Waals surface area (Å²) in [6, 6.07) is 0.0960. The highest BCUT2D eigenvalue weighted by molar-refractivity contribution is 5.90. The summed E-state index contributed by atoms with van der Waals surface area (Å²) in [5.74, 6) is 1.34. The van der Waals surface area contributed by atoms with E-state index in [-0.39, 0.29) is 11.8 Å². The number of carbonyl (C=O) groups is 1. The number of ketones is 1. The normalized spacial score (nSPS) is 23.8. The first-order valence-electron chi connectivity index (χ1n) is 4.93. The quantitative estimate of drug-likeness (QED) is 0.478. The maximum Gasteiger partial charge on any atom is 0.152 e. The third-order valence-corrected chi connectivity index (χ3v) is 2.63. The number of nitrogens with zero attached hydrogens (tertiary/aromatic N) is 2. The molecular formula is C10H18N2O. The van der Waals surface area contributed by atoms with E-state index in [4.69, 9.17) is 0 Å². The number of rotatable bonds is 2. The summed E-state index contributed by atoms with van der Waals surface area (Å²) in [5.41, 5.74) is 0. The lowest BCUT2D eigenvalue weighted by Crippen LogP contribution is -2.39. The molecular weight excluding hydrogens is 164 g/mol. The number of carbonyl (C=O) groups excluding carboxylic acids is 1. The van der Waals surface area contributed by atoms with E-state index in [2.05, 4.69) is 16.8 Å². The van der Waals surface area contributed by atoms with Gasteiger partial charge in [0.05, 0.1) is 11.9 Å². The van der Waals surface area contributed by atoms with Crippen molar-refractivity contribution < 1.29 is 4.79 Å². The SMILES string of the molecule is CCC(=NC)N1CCCC1C(C)=O. The van der Waals surface area contributed by atoms with Crippen molar-refractivity contribution in [2.24, 2.45) is 4.99 Å². The Morgan fingerprint density at radius 3 is 2.77 bits per heavy atom. The lowest BCUT2D eigenvalue weighted by atomic mass is 10.1. The first-order chi connectivity index (χ1) is 6.20. The maximum atomic E-state index is 11.3. The molecule has 3 nitrogen and oxygen atoms in total. The summed E-state index contributed by atoms with van der Waals surface area (Å²) >= 11 is 0. The minimum atomic E-state index is 0.0960. The molecule has 0 aromatic rings. The first kappa shape index (κ1) is 10.2. The molecule has 3 heteroatoms. The Bertz CT molecular complexity index is 223. The largest absolute Gasteiger partial charge is 0.350 e.